The molecule has 0 spiro atoms. The Morgan fingerprint density at radius 3 is 2.79 bits per heavy atom. The van der Waals surface area contributed by atoms with Gasteiger partial charge in [0.05, 0.1) is 24.6 Å². The highest BCUT2D eigenvalue weighted by Crippen LogP contribution is 2.30. The number of rotatable bonds is 8. The molecule has 0 radical (unpaired) electrons. The average Bonchev–Trinajstić information content (AvgIpc) is 3.42. The number of hydrogen-bond donors (Lipinski definition) is 1. The second-order valence-corrected chi connectivity index (χ2v) is 9.37. The fraction of sp³-hybridized carbons (Fsp3) is 0.364. The van der Waals surface area contributed by atoms with Crippen molar-refractivity contribution >= 4 is 40.1 Å². The third-order valence-corrected chi connectivity index (χ3v) is 7.21. The lowest BCUT2D eigenvalue weighted by molar-refractivity contribution is -0.113. The van der Waals surface area contributed by atoms with E-state index in [0.29, 0.717) is 27.3 Å². The fourth-order valence-corrected chi connectivity index (χ4v) is 5.42. The number of aryl methyl sites for hydroxylation is 1. The molecule has 3 heterocycles. The predicted molar refractivity (Wildman–Crippen MR) is 126 cm³/mol. The van der Waals surface area contributed by atoms with Crippen LogP contribution in [0.1, 0.15) is 45.5 Å². The zero-order valence-corrected chi connectivity index (χ0v) is 19.9. The molecular formula is C22H23N5O4S2. The van der Waals surface area contributed by atoms with Gasteiger partial charge in [0.25, 0.3) is 0 Å². The number of thiazole rings is 1. The van der Waals surface area contributed by atoms with Gasteiger partial charge in [0, 0.05) is 23.7 Å². The molecule has 11 heteroatoms. The van der Waals surface area contributed by atoms with E-state index in [-0.39, 0.29) is 24.0 Å². The fourth-order valence-electron chi connectivity index (χ4n) is 3.66. The van der Waals surface area contributed by atoms with E-state index in [9.17, 15) is 14.4 Å². The number of aromatic nitrogens is 4. The lowest BCUT2D eigenvalue weighted by Gasteiger charge is -2.14. The molecule has 9 nitrogen and oxygen atoms in total. The van der Waals surface area contributed by atoms with E-state index in [1.807, 2.05) is 12.1 Å². The van der Waals surface area contributed by atoms with Crippen LogP contribution < -0.4 is 11.0 Å². The predicted octanol–water partition coefficient (Wildman–Crippen LogP) is 2.85. The molecule has 3 aromatic heterocycles. The number of ether oxygens (including phenoxy) is 1. The van der Waals surface area contributed by atoms with Crippen LogP contribution in [-0.2, 0) is 28.9 Å². The number of carbonyl (C=O) groups is 2. The molecule has 172 valence electrons. The van der Waals surface area contributed by atoms with Gasteiger partial charge in [-0.2, -0.15) is 4.98 Å². The van der Waals surface area contributed by atoms with Crippen molar-refractivity contribution in [3.63, 3.8) is 0 Å². The van der Waals surface area contributed by atoms with Crippen molar-refractivity contribution in [1.29, 1.82) is 0 Å². The third kappa shape index (κ3) is 5.31. The van der Waals surface area contributed by atoms with Crippen molar-refractivity contribution in [2.75, 3.05) is 17.7 Å². The SMILES string of the molecule is CCOC(=O)c1sc(NC(=O)CSc2nc(=O)n(Cc3ccncc3)c3c2CCC3)nc1C. The van der Waals surface area contributed by atoms with E-state index in [0.717, 1.165) is 47.4 Å². The topological polar surface area (TPSA) is 116 Å². The number of esters is 1. The van der Waals surface area contributed by atoms with Crippen LogP contribution in [0, 0.1) is 6.92 Å². The molecule has 1 aliphatic rings. The Balaban J connectivity index is 1.45. The molecule has 1 amide bonds. The molecule has 0 unspecified atom stereocenters. The minimum atomic E-state index is -0.450. The molecule has 0 atom stereocenters. The van der Waals surface area contributed by atoms with Gasteiger partial charge in [-0.05, 0) is 50.8 Å². The Hall–Kier alpha value is -3.05. The number of hydrogen-bond acceptors (Lipinski definition) is 9. The molecule has 0 aliphatic heterocycles. The summed E-state index contributed by atoms with van der Waals surface area (Å²) in [7, 11) is 0. The Bertz CT molecular complexity index is 1240. The standard InChI is InChI=1S/C22H23N5O4S2/c1-3-31-20(29)18-13(2)24-21(33-18)25-17(28)12-32-19-15-5-4-6-16(15)27(22(30)26-19)11-14-7-9-23-10-8-14/h7-10H,3-6,11-12H2,1-2H3,(H,24,25,28). The Labute approximate surface area is 198 Å². The monoisotopic (exact) mass is 485 g/mol. The second-order valence-electron chi connectivity index (χ2n) is 7.41. The van der Waals surface area contributed by atoms with Crippen molar-refractivity contribution in [1.82, 2.24) is 19.5 Å². The first-order chi connectivity index (χ1) is 16.0. The van der Waals surface area contributed by atoms with Crippen molar-refractivity contribution in [3.05, 3.63) is 62.4 Å². The number of anilines is 1. The van der Waals surface area contributed by atoms with Crippen LogP contribution in [-0.4, -0.2) is 43.8 Å². The molecule has 0 saturated heterocycles. The van der Waals surface area contributed by atoms with Gasteiger partial charge in [-0.25, -0.2) is 14.6 Å². The molecule has 3 aromatic rings. The van der Waals surface area contributed by atoms with Gasteiger partial charge in [0.1, 0.15) is 9.90 Å². The molecule has 1 N–H and O–H groups in total. The summed E-state index contributed by atoms with van der Waals surface area (Å²) in [6.07, 6.45) is 6.00. The van der Waals surface area contributed by atoms with Gasteiger partial charge in [0.2, 0.25) is 5.91 Å². The maximum Gasteiger partial charge on any atom is 0.350 e. The number of thioether (sulfide) groups is 1. The summed E-state index contributed by atoms with van der Waals surface area (Å²) in [6, 6.07) is 3.77. The third-order valence-electron chi connectivity index (χ3n) is 5.13. The van der Waals surface area contributed by atoms with Gasteiger partial charge in [-0.15, -0.1) is 0 Å². The summed E-state index contributed by atoms with van der Waals surface area (Å²) in [4.78, 5) is 50.1. The Morgan fingerprint density at radius 1 is 1.24 bits per heavy atom. The van der Waals surface area contributed by atoms with Crippen LogP contribution >= 0.6 is 23.1 Å². The van der Waals surface area contributed by atoms with Crippen LogP contribution in [0.5, 0.6) is 0 Å². The van der Waals surface area contributed by atoms with E-state index >= 15 is 0 Å². The second kappa shape index (κ2) is 10.3. The number of pyridine rings is 1. The number of nitrogens with one attached hydrogen (secondary N) is 1. The van der Waals surface area contributed by atoms with E-state index in [4.69, 9.17) is 4.74 Å². The number of amides is 1. The van der Waals surface area contributed by atoms with Crippen LogP contribution in [0.3, 0.4) is 0 Å². The Kier molecular flexibility index (Phi) is 7.19. The van der Waals surface area contributed by atoms with Crippen molar-refractivity contribution in [2.45, 2.75) is 44.7 Å². The number of nitrogens with zero attached hydrogens (tertiary/aromatic N) is 4. The van der Waals surface area contributed by atoms with Crippen molar-refractivity contribution < 1.29 is 14.3 Å². The smallest absolute Gasteiger partial charge is 0.350 e. The summed E-state index contributed by atoms with van der Waals surface area (Å²) in [5.41, 5.74) is 3.22. The first-order valence-electron chi connectivity index (χ1n) is 10.5. The molecule has 33 heavy (non-hydrogen) atoms. The normalized spacial score (nSPS) is 12.4. The molecule has 1 aliphatic carbocycles. The van der Waals surface area contributed by atoms with E-state index < -0.39 is 5.97 Å². The quantitative estimate of drug-likeness (QED) is 0.294. The first-order valence-corrected chi connectivity index (χ1v) is 12.3. The van der Waals surface area contributed by atoms with Gasteiger partial charge in [0.15, 0.2) is 5.13 Å². The number of carbonyl (C=O) groups excluding carboxylic acids is 2. The van der Waals surface area contributed by atoms with E-state index in [1.165, 1.54) is 11.8 Å². The van der Waals surface area contributed by atoms with Gasteiger partial charge >= 0.3 is 11.7 Å². The minimum absolute atomic E-state index is 0.0839. The van der Waals surface area contributed by atoms with E-state index in [2.05, 4.69) is 20.3 Å². The largest absolute Gasteiger partial charge is 0.462 e. The van der Waals surface area contributed by atoms with Gasteiger partial charge in [-0.1, -0.05) is 23.1 Å². The summed E-state index contributed by atoms with van der Waals surface area (Å²) in [6.45, 7) is 4.15. The van der Waals surface area contributed by atoms with Gasteiger partial charge in [-0.3, -0.25) is 14.3 Å². The highest BCUT2D eigenvalue weighted by Gasteiger charge is 2.23. The zero-order valence-electron chi connectivity index (χ0n) is 18.3. The van der Waals surface area contributed by atoms with Gasteiger partial charge < -0.3 is 10.1 Å². The zero-order chi connectivity index (χ0) is 23.4. The van der Waals surface area contributed by atoms with Crippen molar-refractivity contribution in [3.8, 4) is 0 Å². The molecule has 0 fully saturated rings. The molecular weight excluding hydrogens is 462 g/mol. The average molecular weight is 486 g/mol. The summed E-state index contributed by atoms with van der Waals surface area (Å²) < 4.78 is 6.72. The maximum absolute atomic E-state index is 12.8. The highest BCUT2D eigenvalue weighted by atomic mass is 32.2. The van der Waals surface area contributed by atoms with Crippen LogP contribution in [0.2, 0.25) is 0 Å². The summed E-state index contributed by atoms with van der Waals surface area (Å²) in [5, 5.41) is 3.67. The highest BCUT2D eigenvalue weighted by molar-refractivity contribution is 8.00. The van der Waals surface area contributed by atoms with E-state index in [1.54, 1.807) is 30.8 Å². The lowest BCUT2D eigenvalue weighted by Crippen LogP contribution is -2.28. The minimum Gasteiger partial charge on any atom is -0.462 e. The molecule has 0 aromatic carbocycles. The van der Waals surface area contributed by atoms with Crippen LogP contribution in [0.25, 0.3) is 0 Å². The summed E-state index contributed by atoms with van der Waals surface area (Å²) in [5.74, 6) is -0.645. The van der Waals surface area contributed by atoms with Crippen LogP contribution in [0.15, 0.2) is 34.3 Å². The van der Waals surface area contributed by atoms with Crippen molar-refractivity contribution in [2.24, 2.45) is 0 Å². The number of fused-ring (bicyclic) bond motifs is 1. The maximum atomic E-state index is 12.8. The first kappa shape index (κ1) is 23.1. The lowest BCUT2D eigenvalue weighted by atomic mass is 10.2. The Morgan fingerprint density at radius 2 is 2.03 bits per heavy atom. The summed E-state index contributed by atoms with van der Waals surface area (Å²) >= 11 is 2.33. The molecule has 4 rings (SSSR count). The molecule has 0 bridgehead atoms. The van der Waals surface area contributed by atoms with Crippen LogP contribution in [0.4, 0.5) is 5.13 Å². The molecule has 0 saturated carbocycles.